The number of hydrogen-bond donors (Lipinski definition) is 2. The molecule has 2 N–H and O–H groups in total. The molecule has 15 heavy (non-hydrogen) atoms. The summed E-state index contributed by atoms with van der Waals surface area (Å²) in [5, 5.41) is 15.7. The SMILES string of the molecule is CC1(C)O[C@H](CC=N)C[C@H](CC(=O)O)O1. The second-order valence-electron chi connectivity index (χ2n) is 4.15. The normalized spacial score (nSPS) is 29.7. The molecule has 86 valence electrons. The van der Waals surface area contributed by atoms with E-state index in [0.717, 1.165) is 0 Å². The number of rotatable bonds is 4. The molecule has 0 bridgehead atoms. The molecule has 1 fully saturated rings. The van der Waals surface area contributed by atoms with Gasteiger partial charge in [0.1, 0.15) is 0 Å². The third-order valence-electron chi connectivity index (χ3n) is 2.21. The first-order valence-electron chi connectivity index (χ1n) is 4.99. The van der Waals surface area contributed by atoms with E-state index >= 15 is 0 Å². The van der Waals surface area contributed by atoms with Gasteiger partial charge in [0.15, 0.2) is 5.79 Å². The Kier molecular flexibility index (Phi) is 3.82. The van der Waals surface area contributed by atoms with Crippen LogP contribution in [0, 0.1) is 5.41 Å². The van der Waals surface area contributed by atoms with Crippen LogP contribution in [0.1, 0.15) is 33.1 Å². The molecule has 0 amide bonds. The zero-order valence-corrected chi connectivity index (χ0v) is 9.03. The van der Waals surface area contributed by atoms with E-state index < -0.39 is 11.8 Å². The van der Waals surface area contributed by atoms with Crippen LogP contribution < -0.4 is 0 Å². The molecule has 0 aliphatic carbocycles. The summed E-state index contributed by atoms with van der Waals surface area (Å²) in [6, 6.07) is 0. The quantitative estimate of drug-likeness (QED) is 0.695. The smallest absolute Gasteiger partial charge is 0.305 e. The van der Waals surface area contributed by atoms with Crippen LogP contribution in [0.15, 0.2) is 0 Å². The van der Waals surface area contributed by atoms with Gasteiger partial charge < -0.3 is 20.0 Å². The Morgan fingerprint density at radius 1 is 1.53 bits per heavy atom. The van der Waals surface area contributed by atoms with Crippen LogP contribution in [0.5, 0.6) is 0 Å². The lowest BCUT2D eigenvalue weighted by atomic mass is 10.0. The molecule has 0 radical (unpaired) electrons. The van der Waals surface area contributed by atoms with Crippen LogP contribution in [0.4, 0.5) is 0 Å². The molecule has 0 aromatic carbocycles. The Balaban J connectivity index is 2.59. The van der Waals surface area contributed by atoms with Gasteiger partial charge >= 0.3 is 5.97 Å². The molecule has 1 rings (SSSR count). The molecule has 1 saturated heterocycles. The summed E-state index contributed by atoms with van der Waals surface area (Å²) in [5.41, 5.74) is 0. The van der Waals surface area contributed by atoms with Crippen molar-refractivity contribution in [2.75, 3.05) is 0 Å². The summed E-state index contributed by atoms with van der Waals surface area (Å²) < 4.78 is 11.0. The molecular formula is C10H17NO4. The van der Waals surface area contributed by atoms with Crippen LogP contribution in [-0.4, -0.2) is 35.3 Å². The molecule has 0 aromatic rings. The number of hydrogen-bond acceptors (Lipinski definition) is 4. The average molecular weight is 215 g/mol. The van der Waals surface area contributed by atoms with Crippen molar-refractivity contribution in [2.45, 2.75) is 51.1 Å². The van der Waals surface area contributed by atoms with Gasteiger partial charge in [-0.25, -0.2) is 0 Å². The summed E-state index contributed by atoms with van der Waals surface area (Å²) in [6.07, 6.45) is 1.87. The van der Waals surface area contributed by atoms with Gasteiger partial charge in [0.05, 0.1) is 18.6 Å². The van der Waals surface area contributed by atoms with Crippen molar-refractivity contribution in [3.05, 3.63) is 0 Å². The average Bonchev–Trinajstić information content (AvgIpc) is 1.99. The highest BCUT2D eigenvalue weighted by atomic mass is 16.7. The van der Waals surface area contributed by atoms with Crippen molar-refractivity contribution in [1.82, 2.24) is 0 Å². The molecule has 1 aliphatic heterocycles. The molecule has 1 aliphatic rings. The van der Waals surface area contributed by atoms with Gasteiger partial charge in [-0.15, -0.1) is 0 Å². The van der Waals surface area contributed by atoms with Crippen molar-refractivity contribution >= 4 is 12.2 Å². The van der Waals surface area contributed by atoms with Gasteiger partial charge in [-0.3, -0.25) is 4.79 Å². The van der Waals surface area contributed by atoms with Crippen LogP contribution >= 0.6 is 0 Å². The van der Waals surface area contributed by atoms with Gasteiger partial charge in [-0.2, -0.15) is 0 Å². The molecule has 5 heteroatoms. The van der Waals surface area contributed by atoms with E-state index in [1.165, 1.54) is 6.21 Å². The Bertz CT molecular complexity index is 252. The maximum Gasteiger partial charge on any atom is 0.305 e. The summed E-state index contributed by atoms with van der Waals surface area (Å²) >= 11 is 0. The zero-order valence-electron chi connectivity index (χ0n) is 9.03. The first-order chi connectivity index (χ1) is 6.93. The van der Waals surface area contributed by atoms with Gasteiger partial charge in [-0.1, -0.05) is 0 Å². The molecule has 1 heterocycles. The zero-order chi connectivity index (χ0) is 11.5. The predicted octanol–water partition coefficient (Wildman–Crippen LogP) is 1.41. The molecular weight excluding hydrogens is 198 g/mol. The minimum absolute atomic E-state index is 0.0126. The Labute approximate surface area is 88.9 Å². The first kappa shape index (κ1) is 12.1. The number of nitrogens with one attached hydrogen (secondary N) is 1. The Morgan fingerprint density at radius 3 is 2.67 bits per heavy atom. The number of carboxylic acids is 1. The van der Waals surface area contributed by atoms with E-state index in [1.807, 2.05) is 0 Å². The number of carboxylic acid groups (broad SMARTS) is 1. The van der Waals surface area contributed by atoms with Crippen molar-refractivity contribution in [3.63, 3.8) is 0 Å². The molecule has 0 unspecified atom stereocenters. The lowest BCUT2D eigenvalue weighted by Gasteiger charge is -2.40. The second-order valence-corrected chi connectivity index (χ2v) is 4.15. The van der Waals surface area contributed by atoms with Crippen LogP contribution in [-0.2, 0) is 14.3 Å². The number of carbonyl (C=O) groups is 1. The molecule has 2 atom stereocenters. The fourth-order valence-corrected chi connectivity index (χ4v) is 1.82. The summed E-state index contributed by atoms with van der Waals surface area (Å²) in [5.74, 6) is -1.63. The maximum absolute atomic E-state index is 10.6. The lowest BCUT2D eigenvalue weighted by molar-refractivity contribution is -0.297. The van der Waals surface area contributed by atoms with Gasteiger partial charge in [0.2, 0.25) is 0 Å². The van der Waals surface area contributed by atoms with Crippen LogP contribution in [0.2, 0.25) is 0 Å². The van der Waals surface area contributed by atoms with Crippen molar-refractivity contribution in [1.29, 1.82) is 5.41 Å². The molecule has 5 nitrogen and oxygen atoms in total. The summed E-state index contributed by atoms with van der Waals surface area (Å²) in [4.78, 5) is 10.6. The number of ether oxygens (including phenoxy) is 2. The molecule has 0 saturated carbocycles. The predicted molar refractivity (Wildman–Crippen MR) is 54.1 cm³/mol. The topological polar surface area (TPSA) is 79.6 Å². The summed E-state index contributed by atoms with van der Waals surface area (Å²) in [6.45, 7) is 3.52. The first-order valence-corrected chi connectivity index (χ1v) is 4.99. The Hall–Kier alpha value is -0.940. The van der Waals surface area contributed by atoms with E-state index in [4.69, 9.17) is 20.0 Å². The van der Waals surface area contributed by atoms with Crippen molar-refractivity contribution in [2.24, 2.45) is 0 Å². The van der Waals surface area contributed by atoms with E-state index in [0.29, 0.717) is 12.8 Å². The van der Waals surface area contributed by atoms with Crippen molar-refractivity contribution < 1.29 is 19.4 Å². The number of aliphatic carboxylic acids is 1. The fourth-order valence-electron chi connectivity index (χ4n) is 1.82. The largest absolute Gasteiger partial charge is 0.481 e. The van der Waals surface area contributed by atoms with E-state index in [-0.39, 0.29) is 18.6 Å². The Morgan fingerprint density at radius 2 is 2.13 bits per heavy atom. The minimum atomic E-state index is -0.869. The highest BCUT2D eigenvalue weighted by Gasteiger charge is 2.35. The second kappa shape index (κ2) is 4.72. The maximum atomic E-state index is 10.6. The monoisotopic (exact) mass is 215 g/mol. The van der Waals surface area contributed by atoms with E-state index in [1.54, 1.807) is 13.8 Å². The third-order valence-corrected chi connectivity index (χ3v) is 2.21. The highest BCUT2D eigenvalue weighted by molar-refractivity contribution is 5.67. The lowest BCUT2D eigenvalue weighted by Crippen LogP contribution is -2.45. The van der Waals surface area contributed by atoms with Gasteiger partial charge in [0, 0.05) is 12.8 Å². The minimum Gasteiger partial charge on any atom is -0.481 e. The summed E-state index contributed by atoms with van der Waals surface area (Å²) in [7, 11) is 0. The van der Waals surface area contributed by atoms with Crippen LogP contribution in [0.3, 0.4) is 0 Å². The fraction of sp³-hybridized carbons (Fsp3) is 0.800. The van der Waals surface area contributed by atoms with E-state index in [9.17, 15) is 4.79 Å². The van der Waals surface area contributed by atoms with Gasteiger partial charge in [-0.05, 0) is 20.1 Å². The highest BCUT2D eigenvalue weighted by Crippen LogP contribution is 2.29. The van der Waals surface area contributed by atoms with E-state index in [2.05, 4.69) is 0 Å². The third kappa shape index (κ3) is 3.97. The standard InChI is InChI=1S/C10H17NO4/c1-10(2)14-7(3-4-11)5-8(15-10)6-9(12)13/h4,7-8,11H,3,5-6H2,1-2H3,(H,12,13)/t7-,8-/m1/s1. The molecule has 0 spiro atoms. The van der Waals surface area contributed by atoms with Crippen molar-refractivity contribution in [3.8, 4) is 0 Å². The van der Waals surface area contributed by atoms with Gasteiger partial charge in [0.25, 0.3) is 0 Å². The molecule has 0 aromatic heterocycles. The van der Waals surface area contributed by atoms with Crippen LogP contribution in [0.25, 0.3) is 0 Å².